The molecule has 0 amide bonds. The van der Waals surface area contributed by atoms with Gasteiger partial charge in [-0.3, -0.25) is 0 Å². The quantitative estimate of drug-likeness (QED) is 0.784. The highest BCUT2D eigenvalue weighted by molar-refractivity contribution is 5.39. The molecule has 0 saturated carbocycles. The molecule has 2 rings (SSSR count). The van der Waals surface area contributed by atoms with Gasteiger partial charge in [0.15, 0.2) is 0 Å². The topological polar surface area (TPSA) is 59.1 Å². The van der Waals surface area contributed by atoms with Crippen LogP contribution in [0.4, 0.5) is 11.8 Å². The maximum absolute atomic E-state index is 5.15. The van der Waals surface area contributed by atoms with Crippen LogP contribution in [0.25, 0.3) is 0 Å². The summed E-state index contributed by atoms with van der Waals surface area (Å²) in [7, 11) is 1.67. The second kappa shape index (κ2) is 8.22. The lowest BCUT2D eigenvalue weighted by molar-refractivity contribution is 0.414. The number of methoxy groups -OCH3 is 1. The summed E-state index contributed by atoms with van der Waals surface area (Å²) in [6, 6.07) is 9.98. The summed E-state index contributed by atoms with van der Waals surface area (Å²) in [6.07, 6.45) is 2.68. The summed E-state index contributed by atoms with van der Waals surface area (Å²) in [5.41, 5.74) is 1.25. The Labute approximate surface area is 132 Å². The van der Waals surface area contributed by atoms with Crippen molar-refractivity contribution in [3.8, 4) is 5.75 Å². The molecule has 0 aliphatic rings. The van der Waals surface area contributed by atoms with Crippen molar-refractivity contribution in [2.75, 3.05) is 30.8 Å². The minimum Gasteiger partial charge on any atom is -0.497 e. The fourth-order valence-electron chi connectivity index (χ4n) is 1.96. The molecule has 5 nitrogen and oxygen atoms in total. The Hall–Kier alpha value is -2.30. The van der Waals surface area contributed by atoms with Crippen molar-refractivity contribution in [3.63, 3.8) is 0 Å². The zero-order chi connectivity index (χ0) is 15.8. The molecule has 1 aromatic heterocycles. The Morgan fingerprint density at radius 2 is 1.86 bits per heavy atom. The molecular formula is C17H24N4O. The lowest BCUT2D eigenvalue weighted by Crippen LogP contribution is -2.12. The third-order valence-electron chi connectivity index (χ3n) is 3.20. The first kappa shape index (κ1) is 16.1. The minimum absolute atomic E-state index is 0.585. The van der Waals surface area contributed by atoms with Crippen molar-refractivity contribution >= 4 is 11.8 Å². The van der Waals surface area contributed by atoms with Crippen LogP contribution in [0.3, 0.4) is 0 Å². The fraction of sp³-hybridized carbons (Fsp3) is 0.412. The summed E-state index contributed by atoms with van der Waals surface area (Å²) in [5.74, 6) is 2.98. The SMILES string of the molecule is COc1ccc(CCNc2nccc(NCC(C)C)n2)cc1. The number of anilines is 2. The summed E-state index contributed by atoms with van der Waals surface area (Å²) in [5, 5.41) is 6.56. The Bertz CT molecular complexity index is 569. The van der Waals surface area contributed by atoms with Crippen LogP contribution in [0.1, 0.15) is 19.4 Å². The minimum atomic E-state index is 0.585. The number of aromatic nitrogens is 2. The first-order valence-corrected chi connectivity index (χ1v) is 7.61. The van der Waals surface area contributed by atoms with E-state index >= 15 is 0 Å². The molecule has 0 fully saturated rings. The lowest BCUT2D eigenvalue weighted by atomic mass is 10.1. The van der Waals surface area contributed by atoms with Crippen LogP contribution < -0.4 is 15.4 Å². The third-order valence-corrected chi connectivity index (χ3v) is 3.20. The molecule has 0 aliphatic carbocycles. The van der Waals surface area contributed by atoms with Crippen molar-refractivity contribution in [2.45, 2.75) is 20.3 Å². The van der Waals surface area contributed by atoms with Crippen molar-refractivity contribution in [3.05, 3.63) is 42.1 Å². The molecule has 22 heavy (non-hydrogen) atoms. The van der Waals surface area contributed by atoms with Gasteiger partial charge in [-0.25, -0.2) is 4.98 Å². The van der Waals surface area contributed by atoms with E-state index in [2.05, 4.69) is 46.6 Å². The summed E-state index contributed by atoms with van der Waals surface area (Å²) < 4.78 is 5.15. The molecule has 1 aromatic carbocycles. The third kappa shape index (κ3) is 5.24. The Morgan fingerprint density at radius 3 is 2.55 bits per heavy atom. The van der Waals surface area contributed by atoms with Gasteiger partial charge >= 0.3 is 0 Å². The van der Waals surface area contributed by atoms with Crippen LogP contribution in [0.5, 0.6) is 5.75 Å². The van der Waals surface area contributed by atoms with E-state index in [0.717, 1.165) is 31.1 Å². The summed E-state index contributed by atoms with van der Waals surface area (Å²) >= 11 is 0. The zero-order valence-corrected chi connectivity index (χ0v) is 13.5. The molecule has 2 N–H and O–H groups in total. The molecule has 5 heteroatoms. The highest BCUT2D eigenvalue weighted by Crippen LogP contribution is 2.12. The van der Waals surface area contributed by atoms with Gasteiger partial charge in [0, 0.05) is 19.3 Å². The van der Waals surface area contributed by atoms with E-state index in [-0.39, 0.29) is 0 Å². The molecular weight excluding hydrogens is 276 g/mol. The fourth-order valence-corrected chi connectivity index (χ4v) is 1.96. The number of hydrogen-bond donors (Lipinski definition) is 2. The van der Waals surface area contributed by atoms with Gasteiger partial charge in [0.05, 0.1) is 7.11 Å². The van der Waals surface area contributed by atoms with Crippen LogP contribution in [0, 0.1) is 5.92 Å². The van der Waals surface area contributed by atoms with E-state index in [4.69, 9.17) is 4.74 Å². The van der Waals surface area contributed by atoms with Crippen molar-refractivity contribution in [2.24, 2.45) is 5.92 Å². The molecule has 2 aromatic rings. The maximum atomic E-state index is 5.15. The second-order valence-electron chi connectivity index (χ2n) is 5.57. The van der Waals surface area contributed by atoms with E-state index in [1.807, 2.05) is 18.2 Å². The van der Waals surface area contributed by atoms with Gasteiger partial charge in [0.25, 0.3) is 0 Å². The van der Waals surface area contributed by atoms with E-state index in [1.165, 1.54) is 5.56 Å². The molecule has 0 atom stereocenters. The predicted octanol–water partition coefficient (Wildman–Crippen LogP) is 3.21. The number of hydrogen-bond acceptors (Lipinski definition) is 5. The van der Waals surface area contributed by atoms with Crippen LogP contribution in [-0.2, 0) is 6.42 Å². The van der Waals surface area contributed by atoms with Gasteiger partial charge in [-0.05, 0) is 36.1 Å². The van der Waals surface area contributed by atoms with Gasteiger partial charge < -0.3 is 15.4 Å². The second-order valence-corrected chi connectivity index (χ2v) is 5.57. The van der Waals surface area contributed by atoms with Gasteiger partial charge in [0.1, 0.15) is 11.6 Å². The van der Waals surface area contributed by atoms with E-state index < -0.39 is 0 Å². The Kier molecular flexibility index (Phi) is 6.01. The van der Waals surface area contributed by atoms with Crippen molar-refractivity contribution < 1.29 is 4.74 Å². The van der Waals surface area contributed by atoms with Crippen molar-refractivity contribution in [1.82, 2.24) is 9.97 Å². The number of nitrogens with one attached hydrogen (secondary N) is 2. The predicted molar refractivity (Wildman–Crippen MR) is 90.5 cm³/mol. The summed E-state index contributed by atoms with van der Waals surface area (Å²) in [4.78, 5) is 8.69. The van der Waals surface area contributed by atoms with Crippen LogP contribution in [-0.4, -0.2) is 30.2 Å². The summed E-state index contributed by atoms with van der Waals surface area (Å²) in [6.45, 7) is 6.03. The highest BCUT2D eigenvalue weighted by atomic mass is 16.5. The Morgan fingerprint density at radius 1 is 1.09 bits per heavy atom. The van der Waals surface area contributed by atoms with Crippen LogP contribution in [0.15, 0.2) is 36.5 Å². The van der Waals surface area contributed by atoms with Gasteiger partial charge in [-0.15, -0.1) is 0 Å². The largest absolute Gasteiger partial charge is 0.497 e. The molecule has 0 bridgehead atoms. The highest BCUT2D eigenvalue weighted by Gasteiger charge is 2.00. The smallest absolute Gasteiger partial charge is 0.224 e. The number of nitrogens with zero attached hydrogens (tertiary/aromatic N) is 2. The Balaban J connectivity index is 1.81. The van der Waals surface area contributed by atoms with E-state index in [0.29, 0.717) is 11.9 Å². The van der Waals surface area contributed by atoms with E-state index in [1.54, 1.807) is 13.3 Å². The van der Waals surface area contributed by atoms with Crippen molar-refractivity contribution in [1.29, 1.82) is 0 Å². The monoisotopic (exact) mass is 300 g/mol. The van der Waals surface area contributed by atoms with Gasteiger partial charge in [-0.2, -0.15) is 4.98 Å². The number of benzene rings is 1. The number of ether oxygens (including phenoxy) is 1. The molecule has 1 heterocycles. The first-order valence-electron chi connectivity index (χ1n) is 7.61. The molecule has 0 unspecified atom stereocenters. The zero-order valence-electron chi connectivity index (χ0n) is 13.5. The molecule has 0 radical (unpaired) electrons. The van der Waals surface area contributed by atoms with Crippen LogP contribution >= 0.6 is 0 Å². The first-order chi connectivity index (χ1) is 10.7. The standard InChI is InChI=1S/C17H24N4O/c1-13(2)12-20-16-9-11-19-17(21-16)18-10-8-14-4-6-15(22-3)7-5-14/h4-7,9,11,13H,8,10,12H2,1-3H3,(H2,18,19,20,21). The normalized spacial score (nSPS) is 10.5. The van der Waals surface area contributed by atoms with Crippen LogP contribution in [0.2, 0.25) is 0 Å². The molecule has 0 saturated heterocycles. The van der Waals surface area contributed by atoms with E-state index in [9.17, 15) is 0 Å². The van der Waals surface area contributed by atoms with Gasteiger partial charge in [-0.1, -0.05) is 26.0 Å². The average Bonchev–Trinajstić information content (AvgIpc) is 2.54. The maximum Gasteiger partial charge on any atom is 0.224 e. The molecule has 118 valence electrons. The number of rotatable bonds is 8. The lowest BCUT2D eigenvalue weighted by Gasteiger charge is -2.10. The molecule has 0 aliphatic heterocycles. The van der Waals surface area contributed by atoms with Gasteiger partial charge in [0.2, 0.25) is 5.95 Å². The molecule has 0 spiro atoms. The average molecular weight is 300 g/mol.